The molecule has 2 heterocycles. The molecule has 0 spiro atoms. The summed E-state index contributed by atoms with van der Waals surface area (Å²) in [5.41, 5.74) is 2.73. The van der Waals surface area contributed by atoms with E-state index in [9.17, 15) is 0 Å². The van der Waals surface area contributed by atoms with Crippen molar-refractivity contribution in [3.8, 4) is 11.3 Å². The highest BCUT2D eigenvalue weighted by atomic mass is 79.9. The van der Waals surface area contributed by atoms with Gasteiger partial charge in [0.25, 0.3) is 0 Å². The number of fused-ring (bicyclic) bond motifs is 1. The smallest absolute Gasteiger partial charge is 0.179 e. The van der Waals surface area contributed by atoms with Crippen molar-refractivity contribution in [2.24, 2.45) is 4.99 Å². The molecule has 0 saturated carbocycles. The highest BCUT2D eigenvalue weighted by molar-refractivity contribution is 9.10. The average Bonchev–Trinajstić information content (AvgIpc) is 3.37. The van der Waals surface area contributed by atoms with Crippen LogP contribution in [0.5, 0.6) is 0 Å². The first kappa shape index (κ1) is 20.2. The number of aliphatic imine (C=N–C) groups is 1. The zero-order valence-electron chi connectivity index (χ0n) is 16.1. The second-order valence-corrected chi connectivity index (χ2v) is 9.13. The predicted molar refractivity (Wildman–Crippen MR) is 131 cm³/mol. The molecule has 0 saturated heterocycles. The summed E-state index contributed by atoms with van der Waals surface area (Å²) in [7, 11) is 0. The molecule has 31 heavy (non-hydrogen) atoms. The number of halogens is 2. The molecular formula is C25H15BrClNO2S. The summed E-state index contributed by atoms with van der Waals surface area (Å²) in [5, 5.41) is 2.57. The summed E-state index contributed by atoms with van der Waals surface area (Å²) in [5.74, 6) is 1.51. The van der Waals surface area contributed by atoms with Gasteiger partial charge in [0.15, 0.2) is 5.09 Å². The van der Waals surface area contributed by atoms with Gasteiger partial charge in [-0.25, -0.2) is 0 Å². The summed E-state index contributed by atoms with van der Waals surface area (Å²) < 4.78 is 12.7. The van der Waals surface area contributed by atoms with E-state index in [1.807, 2.05) is 84.9 Å². The number of nitrogens with zero attached hydrogens (tertiary/aromatic N) is 1. The predicted octanol–water partition coefficient (Wildman–Crippen LogP) is 9.01. The van der Waals surface area contributed by atoms with E-state index in [4.69, 9.17) is 20.4 Å². The third kappa shape index (κ3) is 4.64. The van der Waals surface area contributed by atoms with Crippen molar-refractivity contribution in [1.82, 2.24) is 0 Å². The summed E-state index contributed by atoms with van der Waals surface area (Å²) in [4.78, 5) is 5.58. The zero-order valence-corrected chi connectivity index (χ0v) is 19.2. The molecule has 5 aromatic rings. The van der Waals surface area contributed by atoms with Crippen LogP contribution < -0.4 is 0 Å². The molecule has 0 radical (unpaired) electrons. The maximum atomic E-state index is 5.95. The first-order valence-corrected chi connectivity index (χ1v) is 11.5. The summed E-state index contributed by atoms with van der Waals surface area (Å²) in [6.07, 6.45) is 1.72. The maximum absolute atomic E-state index is 5.95. The summed E-state index contributed by atoms with van der Waals surface area (Å²) in [6.45, 7) is 0. The van der Waals surface area contributed by atoms with E-state index < -0.39 is 0 Å². The summed E-state index contributed by atoms with van der Waals surface area (Å²) >= 11 is 11.0. The van der Waals surface area contributed by atoms with E-state index in [2.05, 4.69) is 20.9 Å². The van der Waals surface area contributed by atoms with Gasteiger partial charge in [0, 0.05) is 26.9 Å². The molecule has 152 valence electrons. The number of hydrogen-bond donors (Lipinski definition) is 0. The lowest BCUT2D eigenvalue weighted by Gasteiger charge is -1.99. The molecule has 0 aliphatic carbocycles. The zero-order chi connectivity index (χ0) is 21.2. The fourth-order valence-corrected chi connectivity index (χ4v) is 4.54. The van der Waals surface area contributed by atoms with E-state index in [1.54, 1.807) is 6.21 Å². The van der Waals surface area contributed by atoms with E-state index in [0.29, 0.717) is 10.8 Å². The Labute approximate surface area is 196 Å². The van der Waals surface area contributed by atoms with E-state index in [0.717, 1.165) is 42.4 Å². The molecule has 0 aliphatic heterocycles. The van der Waals surface area contributed by atoms with E-state index >= 15 is 0 Å². The normalized spacial score (nSPS) is 11.5. The molecule has 3 nitrogen and oxygen atoms in total. The van der Waals surface area contributed by atoms with Gasteiger partial charge in [-0.1, -0.05) is 41.6 Å². The van der Waals surface area contributed by atoms with E-state index in [1.165, 1.54) is 11.8 Å². The molecule has 0 amide bonds. The molecular weight excluding hydrogens is 494 g/mol. The lowest BCUT2D eigenvalue weighted by atomic mass is 10.1. The molecule has 2 aromatic heterocycles. The Hall–Kier alpha value is -2.73. The molecule has 5 rings (SSSR count). The van der Waals surface area contributed by atoms with Gasteiger partial charge in [-0.15, -0.1) is 0 Å². The van der Waals surface area contributed by atoms with E-state index in [-0.39, 0.29) is 0 Å². The van der Waals surface area contributed by atoms with Crippen LogP contribution in [0.3, 0.4) is 0 Å². The van der Waals surface area contributed by atoms with Crippen molar-refractivity contribution in [3.63, 3.8) is 0 Å². The molecule has 3 aromatic carbocycles. The van der Waals surface area contributed by atoms with Gasteiger partial charge in [-0.05, 0) is 76.6 Å². The van der Waals surface area contributed by atoms with Gasteiger partial charge in [-0.2, -0.15) is 0 Å². The highest BCUT2D eigenvalue weighted by Gasteiger charge is 2.10. The monoisotopic (exact) mass is 507 g/mol. The minimum Gasteiger partial charge on any atom is -0.456 e. The molecule has 0 fully saturated rings. The van der Waals surface area contributed by atoms with Crippen LogP contribution in [0.15, 0.2) is 113 Å². The van der Waals surface area contributed by atoms with Crippen LogP contribution in [0, 0.1) is 0 Å². The first-order chi connectivity index (χ1) is 15.1. The van der Waals surface area contributed by atoms with Crippen LogP contribution in [0.1, 0.15) is 5.76 Å². The van der Waals surface area contributed by atoms with Gasteiger partial charge in [0.2, 0.25) is 0 Å². The lowest BCUT2D eigenvalue weighted by molar-refractivity contribution is 0.466. The van der Waals surface area contributed by atoms with Gasteiger partial charge in [0.05, 0.1) is 16.4 Å². The minimum atomic E-state index is 0.671. The van der Waals surface area contributed by atoms with Gasteiger partial charge < -0.3 is 8.83 Å². The fraction of sp³-hybridized carbons (Fsp3) is 0. The van der Waals surface area contributed by atoms with Crippen LogP contribution in [0.2, 0.25) is 5.02 Å². The molecule has 0 unspecified atom stereocenters. The van der Waals surface area contributed by atoms with Crippen molar-refractivity contribution in [3.05, 3.63) is 100 Å². The standard InChI is InChI=1S/C25H15BrClNO2S/c26-22-14-20(29-25(22)31-21-11-7-18(27)8-12-21)15-28-19-9-5-16(6-10-19)24-13-17-3-1-2-4-23(17)30-24/h1-15H. The van der Waals surface area contributed by atoms with Gasteiger partial charge >= 0.3 is 0 Å². The molecule has 0 N–H and O–H groups in total. The van der Waals surface area contributed by atoms with Crippen molar-refractivity contribution in [2.45, 2.75) is 9.99 Å². The Balaban J connectivity index is 1.30. The largest absolute Gasteiger partial charge is 0.456 e. The fourth-order valence-electron chi connectivity index (χ4n) is 3.09. The number of hydrogen-bond acceptors (Lipinski definition) is 4. The number of rotatable bonds is 5. The van der Waals surface area contributed by atoms with Crippen LogP contribution in [0.25, 0.3) is 22.3 Å². The van der Waals surface area contributed by atoms with Crippen LogP contribution >= 0.6 is 39.3 Å². The Kier molecular flexibility index (Phi) is 5.72. The molecule has 6 heteroatoms. The number of furan rings is 2. The second-order valence-electron chi connectivity index (χ2n) is 6.79. The van der Waals surface area contributed by atoms with Crippen LogP contribution in [0.4, 0.5) is 5.69 Å². The SMILES string of the molecule is Clc1ccc(Sc2oc(C=Nc3ccc(-c4cc5ccccc5o4)cc3)cc2Br)cc1. The Morgan fingerprint density at radius 2 is 1.65 bits per heavy atom. The molecule has 0 atom stereocenters. The number of para-hydroxylation sites is 1. The quantitative estimate of drug-likeness (QED) is 0.222. The Bertz CT molecular complexity index is 1340. The van der Waals surface area contributed by atoms with Crippen molar-refractivity contribution in [1.29, 1.82) is 0 Å². The topological polar surface area (TPSA) is 38.6 Å². The maximum Gasteiger partial charge on any atom is 0.179 e. The lowest BCUT2D eigenvalue weighted by Crippen LogP contribution is -1.76. The summed E-state index contributed by atoms with van der Waals surface area (Å²) in [6, 6.07) is 27.5. The van der Waals surface area contributed by atoms with Gasteiger partial charge in [-0.3, -0.25) is 4.99 Å². The van der Waals surface area contributed by atoms with Gasteiger partial charge in [0.1, 0.15) is 17.1 Å². The molecule has 0 aliphatic rings. The first-order valence-electron chi connectivity index (χ1n) is 9.50. The second kappa shape index (κ2) is 8.79. The minimum absolute atomic E-state index is 0.671. The number of benzene rings is 3. The average molecular weight is 509 g/mol. The third-order valence-corrected chi connectivity index (χ3v) is 6.72. The van der Waals surface area contributed by atoms with Crippen molar-refractivity contribution in [2.75, 3.05) is 0 Å². The van der Waals surface area contributed by atoms with Crippen LogP contribution in [-0.4, -0.2) is 6.21 Å². The third-order valence-electron chi connectivity index (χ3n) is 4.62. The van der Waals surface area contributed by atoms with Crippen molar-refractivity contribution < 1.29 is 8.83 Å². The molecule has 0 bridgehead atoms. The Morgan fingerprint density at radius 1 is 0.871 bits per heavy atom. The van der Waals surface area contributed by atoms with Crippen molar-refractivity contribution >= 4 is 62.2 Å². The Morgan fingerprint density at radius 3 is 2.42 bits per heavy atom. The highest BCUT2D eigenvalue weighted by Crippen LogP contribution is 2.36. The van der Waals surface area contributed by atoms with Crippen LogP contribution in [-0.2, 0) is 0 Å².